The maximum absolute atomic E-state index is 12.7. The summed E-state index contributed by atoms with van der Waals surface area (Å²) in [7, 11) is 6.53. The Bertz CT molecular complexity index is 3230. The summed E-state index contributed by atoms with van der Waals surface area (Å²) < 4.78 is 16.2. The van der Waals surface area contributed by atoms with Crippen LogP contribution >= 0.6 is 11.8 Å². The van der Waals surface area contributed by atoms with Gasteiger partial charge >= 0.3 is 0 Å². The predicted octanol–water partition coefficient (Wildman–Crippen LogP) is 7.70. The van der Waals surface area contributed by atoms with Gasteiger partial charge in [-0.2, -0.15) is 0 Å². The van der Waals surface area contributed by atoms with E-state index in [0.29, 0.717) is 36.8 Å². The molecule has 0 saturated heterocycles. The number of allylic oxidation sites excluding steroid dienone is 2. The van der Waals surface area contributed by atoms with Crippen molar-refractivity contribution in [2.45, 2.75) is 170 Å². The number of rotatable bonds is 0. The largest absolute Gasteiger partial charge is 0.361 e. The van der Waals surface area contributed by atoms with Crippen molar-refractivity contribution in [2.24, 2.45) is 49.7 Å². The minimum atomic E-state index is -0.636. The third kappa shape index (κ3) is 8.57. The van der Waals surface area contributed by atoms with E-state index in [9.17, 15) is 24.0 Å². The summed E-state index contributed by atoms with van der Waals surface area (Å²) >= 11 is 4.30. The predicted molar refractivity (Wildman–Crippen MR) is 278 cm³/mol. The number of aromatic nitrogens is 7. The van der Waals surface area contributed by atoms with Gasteiger partial charge < -0.3 is 19.4 Å². The Kier molecular flexibility index (Phi) is 14.6. The summed E-state index contributed by atoms with van der Waals surface area (Å²) in [5, 5.41) is 11.1. The monoisotopic (exact) mass is 1020 g/mol. The van der Waals surface area contributed by atoms with Gasteiger partial charge in [-0.3, -0.25) is 32.9 Å². The van der Waals surface area contributed by atoms with Gasteiger partial charge in [0.2, 0.25) is 11.5 Å². The summed E-state index contributed by atoms with van der Waals surface area (Å²) in [6.07, 6.45) is 9.52. The number of carbonyl (C=O) groups is 2. The van der Waals surface area contributed by atoms with Gasteiger partial charge in [-0.1, -0.05) is 80.9 Å². The third-order valence-electron chi connectivity index (χ3n) is 18.2. The van der Waals surface area contributed by atoms with Gasteiger partial charge in [-0.05, 0) is 83.5 Å². The van der Waals surface area contributed by atoms with E-state index in [0.717, 1.165) is 83.0 Å². The van der Waals surface area contributed by atoms with Crippen molar-refractivity contribution in [3.05, 3.63) is 134 Å². The molecule has 0 bridgehead atoms. The van der Waals surface area contributed by atoms with Gasteiger partial charge in [0.1, 0.15) is 23.2 Å². The topological polar surface area (TPSA) is 206 Å². The molecule has 4 aromatic rings. The van der Waals surface area contributed by atoms with Crippen molar-refractivity contribution in [3.63, 3.8) is 0 Å². The molecule has 1 unspecified atom stereocenters. The summed E-state index contributed by atoms with van der Waals surface area (Å²) in [4.78, 5) is 85.8. The maximum atomic E-state index is 12.7. The van der Waals surface area contributed by atoms with E-state index in [2.05, 4.69) is 54.3 Å². The van der Waals surface area contributed by atoms with Crippen LogP contribution in [0.1, 0.15) is 159 Å². The van der Waals surface area contributed by atoms with Crippen molar-refractivity contribution in [2.75, 3.05) is 0 Å². The molecular formula is C55H73ClN10O7. The van der Waals surface area contributed by atoms with Crippen molar-refractivity contribution < 1.29 is 20.7 Å². The number of nitrogens with one attached hydrogen (secondary N) is 1. The zero-order chi connectivity index (χ0) is 55.6. The zero-order valence-corrected chi connectivity index (χ0v) is 46.2. The first kappa shape index (κ1) is 54.9. The molecule has 10 rings (SSSR count). The van der Waals surface area contributed by atoms with E-state index in [1.807, 2.05) is 68.6 Å². The SMILES string of the molecule is Cc1nc2c(c(=O)n1C)CC[C@H]1C(C)(C)c3oncc3C[C@]21C.ONCl.[3H]C.[C-]#[N+]C1=C[C@]2(C)c3nc(C)n(C)c(=O)c3CC[C@H]2C(C)(C)C1=O.[C-]#[N+]C1C[C@]2(C)c3nc(C)n(C)c(=O)c3CC[C@H]2C(C)(C)C1=O. The lowest BCUT2D eigenvalue weighted by atomic mass is 9.50. The van der Waals surface area contributed by atoms with Crippen LogP contribution < -0.4 is 21.7 Å². The van der Waals surface area contributed by atoms with Crippen molar-refractivity contribution in [1.29, 1.82) is 0 Å². The number of hydrogen-bond acceptors (Lipinski definition) is 12. The lowest BCUT2D eigenvalue weighted by Crippen LogP contribution is -2.58. The molecule has 0 aliphatic heterocycles. The first-order valence-corrected chi connectivity index (χ1v) is 25.1. The number of ketones is 2. The molecule has 0 spiro atoms. The first-order chi connectivity index (χ1) is 34.5. The van der Waals surface area contributed by atoms with E-state index < -0.39 is 27.7 Å². The van der Waals surface area contributed by atoms with Crippen LogP contribution in [0, 0.1) is 62.5 Å². The number of hydrogen-bond donors (Lipinski definition) is 2. The van der Waals surface area contributed by atoms with Crippen LogP contribution in [0.3, 0.4) is 0 Å². The van der Waals surface area contributed by atoms with E-state index in [1.165, 1.54) is 12.4 Å². The summed E-state index contributed by atoms with van der Waals surface area (Å²) in [5.74, 6) is 3.62. The molecular weight excluding hydrogens is 948 g/mol. The molecule has 4 aromatic heterocycles. The zero-order valence-electron chi connectivity index (χ0n) is 46.4. The van der Waals surface area contributed by atoms with Gasteiger partial charge in [-0.25, -0.2) is 26.4 Å². The molecule has 7 atom stereocenters. The summed E-state index contributed by atoms with van der Waals surface area (Å²) in [6, 6.07) is -0.636. The molecule has 0 amide bonds. The quantitative estimate of drug-likeness (QED) is 0.0988. The van der Waals surface area contributed by atoms with Crippen LogP contribution in [-0.4, -0.2) is 56.6 Å². The van der Waals surface area contributed by atoms with Crippen LogP contribution in [0.15, 0.2) is 36.9 Å². The van der Waals surface area contributed by atoms with E-state index in [4.69, 9.17) is 39.2 Å². The molecule has 1 saturated carbocycles. The third-order valence-corrected chi connectivity index (χ3v) is 18.2. The minimum Gasteiger partial charge on any atom is -0.361 e. The Morgan fingerprint density at radius 3 is 1.60 bits per heavy atom. The molecule has 1 fully saturated rings. The molecule has 6 aliphatic rings. The minimum absolute atomic E-state index is 0.0142. The highest BCUT2D eigenvalue weighted by Gasteiger charge is 2.61. The molecule has 2 N–H and O–H groups in total. The van der Waals surface area contributed by atoms with Gasteiger partial charge in [0.15, 0.2) is 5.78 Å². The summed E-state index contributed by atoms with van der Waals surface area (Å²) in [6.45, 7) is 38.9. The lowest BCUT2D eigenvalue weighted by Gasteiger charge is -2.52. The van der Waals surface area contributed by atoms with Crippen LogP contribution in [0.2, 0.25) is 0 Å². The molecule has 73 heavy (non-hydrogen) atoms. The molecule has 0 radical (unpaired) electrons. The average Bonchev–Trinajstić information content (AvgIpc) is 3.83. The first-order valence-electron chi connectivity index (χ1n) is 25.7. The molecule has 6 aliphatic carbocycles. The highest BCUT2D eigenvalue weighted by Crippen LogP contribution is 2.57. The number of nitrogens with zero attached hydrogens (tertiary/aromatic N) is 9. The van der Waals surface area contributed by atoms with Gasteiger partial charge in [0, 0.05) is 95.5 Å². The second-order valence-corrected chi connectivity index (χ2v) is 23.4. The maximum Gasteiger partial charge on any atom is 0.282 e. The Balaban J connectivity index is 0.000000173. The van der Waals surface area contributed by atoms with Gasteiger partial charge in [-0.15, -0.1) is 5.00 Å². The fourth-order valence-electron chi connectivity index (χ4n) is 14.3. The van der Waals surface area contributed by atoms with Crippen LogP contribution in [0.25, 0.3) is 9.69 Å². The summed E-state index contributed by atoms with van der Waals surface area (Å²) in [5.41, 5.74) is 4.01. The highest BCUT2D eigenvalue weighted by molar-refractivity contribution is 6.12. The van der Waals surface area contributed by atoms with E-state index >= 15 is 0 Å². The van der Waals surface area contributed by atoms with Gasteiger partial charge in [0.25, 0.3) is 22.7 Å². The number of carbonyl (C=O) groups excluding carboxylic acids is 2. The fourth-order valence-corrected chi connectivity index (χ4v) is 14.3. The van der Waals surface area contributed by atoms with Crippen molar-refractivity contribution >= 4 is 23.3 Å². The second kappa shape index (κ2) is 19.4. The lowest BCUT2D eigenvalue weighted by molar-refractivity contribution is -0.137. The Morgan fingerprint density at radius 2 is 1.14 bits per heavy atom. The second-order valence-electron chi connectivity index (χ2n) is 23.2. The standard InChI is InChI=1S/2C18H23N3O2.C18H21N3O2.CH4.ClH2NO/c1-10-20-14-12(16(22)21(10)5)6-7-13-17(2,3)15-11(9-19-23-15)8-18(13,14)4;2*1-10-20-14-11(16(23)21(10)6)7-8-13-17(2,3)15(22)12(19-5)9-18(13,14)4;;1-2-3/h9,13H,6-8H2,1-5H3;12-13H,7-9H2,1-4,6H3;9,13H,7-8H2,1-4,6H3;1H4;2-3H/t13-,18-;12?,13-,18-;13-,18-;;/m000../s1/i;;;1T;. The average molecular weight is 1020 g/mol. The number of aryl methyl sites for hydroxylation is 3. The highest BCUT2D eigenvalue weighted by atomic mass is 35.5. The van der Waals surface area contributed by atoms with Crippen LogP contribution in [-0.2, 0) is 78.1 Å². The molecule has 18 heteroatoms. The molecule has 0 aromatic carbocycles. The molecule has 4 heterocycles. The molecule has 392 valence electrons. The number of halogens is 1. The van der Waals surface area contributed by atoms with E-state index in [-0.39, 0.29) is 56.6 Å². The van der Waals surface area contributed by atoms with E-state index in [1.54, 1.807) is 33.9 Å². The van der Waals surface area contributed by atoms with Crippen molar-refractivity contribution in [3.8, 4) is 0 Å². The van der Waals surface area contributed by atoms with Crippen LogP contribution in [0.4, 0.5) is 0 Å². The van der Waals surface area contributed by atoms with Crippen molar-refractivity contribution in [1.82, 2.24) is 38.8 Å². The van der Waals surface area contributed by atoms with Crippen LogP contribution in [0.5, 0.6) is 0 Å². The smallest absolute Gasteiger partial charge is 0.282 e. The van der Waals surface area contributed by atoms with Gasteiger partial charge in [0.05, 0.1) is 29.9 Å². The Labute approximate surface area is 435 Å². The normalized spacial score (nSPS) is 28.2. The Hall–Kier alpha value is -5.88. The number of fused-ring (bicyclic) bond motifs is 10. The fraction of sp³-hybridized carbons (Fsp3) is 0.618. The number of Topliss-reactive ketones (excluding diaryl/α,β-unsaturated/α-hetero) is 2. The Morgan fingerprint density at radius 1 is 0.712 bits per heavy atom. The molecule has 17 nitrogen and oxygen atoms in total.